The molecule has 1 aliphatic carbocycles. The number of hydrogen-bond acceptors (Lipinski definition) is 5. The Kier molecular flexibility index (Phi) is 9.67. The Morgan fingerprint density at radius 2 is 1.86 bits per heavy atom. The minimum atomic E-state index is -0.556. The molecule has 230 valence electrons. The smallest absolute Gasteiger partial charge is 0.257 e. The van der Waals surface area contributed by atoms with Gasteiger partial charge < -0.3 is 15.0 Å². The zero-order valence-corrected chi connectivity index (χ0v) is 26.4. The first-order valence-electron chi connectivity index (χ1n) is 15.8. The van der Waals surface area contributed by atoms with E-state index in [0.717, 1.165) is 48.4 Å². The maximum absolute atomic E-state index is 15.4. The maximum atomic E-state index is 15.4. The van der Waals surface area contributed by atoms with E-state index in [1.54, 1.807) is 5.38 Å². The van der Waals surface area contributed by atoms with Crippen molar-refractivity contribution < 1.29 is 18.7 Å². The molecule has 0 bridgehead atoms. The summed E-state index contributed by atoms with van der Waals surface area (Å²) < 4.78 is 22.8. The predicted molar refractivity (Wildman–Crippen MR) is 172 cm³/mol. The molecular formula is C34H41ClFN3O3S. The number of fused-ring (bicyclic) bond motifs is 1. The van der Waals surface area contributed by atoms with Gasteiger partial charge in [0.15, 0.2) is 0 Å². The topological polar surface area (TPSA) is 61.9 Å². The van der Waals surface area contributed by atoms with Gasteiger partial charge in [-0.1, -0.05) is 43.1 Å². The van der Waals surface area contributed by atoms with Crippen molar-refractivity contribution in [2.75, 3.05) is 31.6 Å². The number of thiophene rings is 1. The molecule has 0 unspecified atom stereocenters. The van der Waals surface area contributed by atoms with Gasteiger partial charge in [-0.15, -0.1) is 11.3 Å². The fourth-order valence-corrected chi connectivity index (χ4v) is 8.15. The lowest BCUT2D eigenvalue weighted by molar-refractivity contribution is -0.133. The summed E-state index contributed by atoms with van der Waals surface area (Å²) >= 11 is 8.02. The summed E-state index contributed by atoms with van der Waals surface area (Å²) in [7, 11) is 0. The Balaban J connectivity index is 1.13. The van der Waals surface area contributed by atoms with Gasteiger partial charge in [0.05, 0.1) is 41.4 Å². The minimum Gasteiger partial charge on any atom is -0.376 e. The Morgan fingerprint density at radius 3 is 2.65 bits per heavy atom. The van der Waals surface area contributed by atoms with Crippen LogP contribution in [0.25, 0.3) is 10.1 Å². The molecule has 43 heavy (non-hydrogen) atoms. The molecule has 2 atom stereocenters. The SMILES string of the molecule is CC1CCC(OC[C@@H]2C[C@H](N3CCCCC3)CN2C(=O)Cc2cc(Cl)c(NC(=O)c3csc4ccccc34)cc2F)CC1. The first-order valence-corrected chi connectivity index (χ1v) is 17.0. The zero-order chi connectivity index (χ0) is 29.9. The second-order valence-corrected chi connectivity index (χ2v) is 13.9. The Bertz CT molecular complexity index is 1450. The molecule has 2 saturated heterocycles. The summed E-state index contributed by atoms with van der Waals surface area (Å²) in [4.78, 5) is 31.2. The van der Waals surface area contributed by atoms with Gasteiger partial charge in [0.2, 0.25) is 5.91 Å². The highest BCUT2D eigenvalue weighted by Gasteiger charge is 2.39. The number of carbonyl (C=O) groups is 2. The van der Waals surface area contributed by atoms with Crippen molar-refractivity contribution in [1.82, 2.24) is 9.80 Å². The summed E-state index contributed by atoms with van der Waals surface area (Å²) in [6.45, 7) is 5.61. The second kappa shape index (κ2) is 13.6. The average Bonchev–Trinajstić information content (AvgIpc) is 3.65. The van der Waals surface area contributed by atoms with Crippen molar-refractivity contribution in [3.8, 4) is 0 Å². The number of nitrogens with one attached hydrogen (secondary N) is 1. The predicted octanol–water partition coefficient (Wildman–Crippen LogP) is 7.54. The molecule has 3 aliphatic rings. The minimum absolute atomic E-state index is 0.0173. The molecule has 6 nitrogen and oxygen atoms in total. The molecule has 1 N–H and O–H groups in total. The lowest BCUT2D eigenvalue weighted by Crippen LogP contribution is -2.43. The Morgan fingerprint density at radius 1 is 1.09 bits per heavy atom. The molecule has 9 heteroatoms. The van der Waals surface area contributed by atoms with Crippen LogP contribution in [0, 0.1) is 11.7 Å². The third-order valence-corrected chi connectivity index (χ3v) is 10.8. The van der Waals surface area contributed by atoms with Crippen LogP contribution in [0.4, 0.5) is 10.1 Å². The number of anilines is 1. The van der Waals surface area contributed by atoms with E-state index in [1.165, 1.54) is 55.6 Å². The molecule has 2 aromatic carbocycles. The fourth-order valence-electron chi connectivity index (χ4n) is 6.97. The van der Waals surface area contributed by atoms with Crippen LogP contribution in [0.3, 0.4) is 0 Å². The molecule has 3 heterocycles. The van der Waals surface area contributed by atoms with E-state index in [4.69, 9.17) is 16.3 Å². The van der Waals surface area contributed by atoms with Gasteiger partial charge in [0, 0.05) is 28.1 Å². The number of halogens is 2. The van der Waals surface area contributed by atoms with Gasteiger partial charge in [0.1, 0.15) is 5.82 Å². The summed E-state index contributed by atoms with van der Waals surface area (Å²) in [6.07, 6.45) is 9.25. The largest absolute Gasteiger partial charge is 0.376 e. The lowest BCUT2D eigenvalue weighted by atomic mass is 9.89. The number of ether oxygens (including phenoxy) is 1. The van der Waals surface area contributed by atoms with E-state index >= 15 is 4.39 Å². The van der Waals surface area contributed by atoms with Gasteiger partial charge in [-0.3, -0.25) is 14.5 Å². The van der Waals surface area contributed by atoms with Crippen molar-refractivity contribution in [1.29, 1.82) is 0 Å². The number of rotatable bonds is 8. The summed E-state index contributed by atoms with van der Waals surface area (Å²) in [5.41, 5.74) is 0.941. The van der Waals surface area contributed by atoms with E-state index in [-0.39, 0.29) is 46.7 Å². The number of carbonyl (C=O) groups excluding carboxylic acids is 2. The van der Waals surface area contributed by atoms with E-state index in [2.05, 4.69) is 17.1 Å². The normalized spacial score (nSPS) is 24.9. The van der Waals surface area contributed by atoms with Crippen molar-refractivity contribution in [3.05, 3.63) is 63.7 Å². The molecule has 3 aromatic rings. The van der Waals surface area contributed by atoms with E-state index in [9.17, 15) is 9.59 Å². The number of benzene rings is 2. The van der Waals surface area contributed by atoms with Crippen LogP contribution in [0.2, 0.25) is 5.02 Å². The maximum Gasteiger partial charge on any atom is 0.257 e. The van der Waals surface area contributed by atoms with Crippen LogP contribution in [-0.2, 0) is 16.0 Å². The number of hydrogen-bond donors (Lipinski definition) is 1. The molecule has 0 radical (unpaired) electrons. The first kappa shape index (κ1) is 30.5. The fraction of sp³-hybridized carbons (Fsp3) is 0.529. The van der Waals surface area contributed by atoms with Gasteiger partial charge in [-0.2, -0.15) is 0 Å². The monoisotopic (exact) mass is 625 g/mol. The van der Waals surface area contributed by atoms with Gasteiger partial charge >= 0.3 is 0 Å². The van der Waals surface area contributed by atoms with Crippen LogP contribution in [0.1, 0.15) is 74.2 Å². The quantitative estimate of drug-likeness (QED) is 0.281. The third kappa shape index (κ3) is 7.08. The highest BCUT2D eigenvalue weighted by molar-refractivity contribution is 7.17. The Hall–Kier alpha value is -2.52. The standard InChI is InChI=1S/C34H41ClFN3O3S/c1-22-9-11-26(12-10-22)42-20-25-17-24(38-13-5-2-6-14-38)19-39(25)33(40)16-23-15-29(35)31(18-30(23)36)37-34(41)28-21-43-32-8-4-3-7-27(28)32/h3-4,7-8,15,18,21-22,24-26H,2,5-6,9-14,16-17,19-20H2,1H3,(H,37,41)/t22?,24-,25-,26?/m0/s1. The van der Waals surface area contributed by atoms with Gasteiger partial charge in [0.25, 0.3) is 5.91 Å². The highest BCUT2D eigenvalue weighted by atomic mass is 35.5. The lowest BCUT2D eigenvalue weighted by Gasteiger charge is -2.32. The molecule has 0 spiro atoms. The molecule has 6 rings (SSSR count). The first-order chi connectivity index (χ1) is 20.9. The summed E-state index contributed by atoms with van der Waals surface area (Å²) in [5.74, 6) is -0.260. The van der Waals surface area contributed by atoms with E-state index in [1.807, 2.05) is 29.2 Å². The van der Waals surface area contributed by atoms with Gasteiger partial charge in [-0.05, 0) is 87.7 Å². The number of nitrogens with zero attached hydrogens (tertiary/aromatic N) is 2. The van der Waals surface area contributed by atoms with E-state index in [0.29, 0.717) is 24.8 Å². The second-order valence-electron chi connectivity index (χ2n) is 12.6. The van der Waals surface area contributed by atoms with E-state index < -0.39 is 5.82 Å². The molecule has 1 saturated carbocycles. The number of piperidine rings is 1. The van der Waals surface area contributed by atoms with Crippen LogP contribution < -0.4 is 5.32 Å². The average molecular weight is 626 g/mol. The van der Waals surface area contributed by atoms with Crippen molar-refractivity contribution in [3.63, 3.8) is 0 Å². The zero-order valence-electron chi connectivity index (χ0n) is 24.8. The van der Waals surface area contributed by atoms with Crippen molar-refractivity contribution in [2.45, 2.75) is 82.9 Å². The molecule has 1 aromatic heterocycles. The molecule has 2 amide bonds. The molecule has 2 aliphatic heterocycles. The molecule has 3 fully saturated rings. The Labute approximate surface area is 262 Å². The van der Waals surface area contributed by atoms with Crippen LogP contribution in [0.15, 0.2) is 41.8 Å². The summed E-state index contributed by atoms with van der Waals surface area (Å²) in [5, 5.41) is 5.60. The van der Waals surface area contributed by atoms with Crippen LogP contribution in [0.5, 0.6) is 0 Å². The third-order valence-electron chi connectivity index (χ3n) is 9.56. The number of amides is 2. The number of likely N-dealkylation sites (tertiary alicyclic amines) is 2. The van der Waals surface area contributed by atoms with Crippen LogP contribution >= 0.6 is 22.9 Å². The molecular weight excluding hydrogens is 585 g/mol. The highest BCUT2D eigenvalue weighted by Crippen LogP contribution is 2.32. The summed E-state index contributed by atoms with van der Waals surface area (Å²) in [6, 6.07) is 10.6. The van der Waals surface area contributed by atoms with Gasteiger partial charge in [-0.25, -0.2) is 4.39 Å². The van der Waals surface area contributed by atoms with Crippen molar-refractivity contribution in [2.24, 2.45) is 5.92 Å². The van der Waals surface area contributed by atoms with Crippen LogP contribution in [-0.4, -0.2) is 66.0 Å². The van der Waals surface area contributed by atoms with Crippen molar-refractivity contribution >= 4 is 50.5 Å².